The largest absolute Gasteiger partial charge is 0.494 e. The van der Waals surface area contributed by atoms with E-state index in [2.05, 4.69) is 22.4 Å². The average molecular weight is 289 g/mol. The summed E-state index contributed by atoms with van der Waals surface area (Å²) in [6, 6.07) is 7.26. The third-order valence-electron chi connectivity index (χ3n) is 2.36. The Morgan fingerprint density at radius 3 is 2.62 bits per heavy atom. The summed E-state index contributed by atoms with van der Waals surface area (Å²) >= 11 is 0. The average Bonchev–Trinajstić information content (AvgIpc) is 2.47. The molecule has 0 fully saturated rings. The molecule has 0 aliphatic heterocycles. The van der Waals surface area contributed by atoms with Crippen LogP contribution >= 0.6 is 0 Å². The summed E-state index contributed by atoms with van der Waals surface area (Å²) in [4.78, 5) is 22.7. The topological polar surface area (TPSA) is 79.8 Å². The number of hydrogen-bond donors (Lipinski definition) is 2. The van der Waals surface area contributed by atoms with Crippen LogP contribution in [0.2, 0.25) is 0 Å². The van der Waals surface area contributed by atoms with Gasteiger partial charge in [-0.25, -0.2) is 5.43 Å². The van der Waals surface area contributed by atoms with Gasteiger partial charge in [0.15, 0.2) is 0 Å². The first-order valence-electron chi connectivity index (χ1n) is 6.58. The second-order valence-corrected chi connectivity index (χ2v) is 4.06. The Morgan fingerprint density at radius 2 is 2.00 bits per heavy atom. The zero-order chi connectivity index (χ0) is 15.5. The molecule has 0 aliphatic carbocycles. The van der Waals surface area contributed by atoms with Gasteiger partial charge in [0.05, 0.1) is 12.8 Å². The molecule has 21 heavy (non-hydrogen) atoms. The first-order chi connectivity index (χ1) is 10.2. The fraction of sp³-hybridized carbons (Fsp3) is 0.267. The lowest BCUT2D eigenvalue weighted by Crippen LogP contribution is -2.29. The monoisotopic (exact) mass is 289 g/mol. The van der Waals surface area contributed by atoms with E-state index in [1.165, 1.54) is 6.21 Å². The van der Waals surface area contributed by atoms with Gasteiger partial charge in [0.25, 0.3) is 0 Å². The van der Waals surface area contributed by atoms with Crippen molar-refractivity contribution in [3.63, 3.8) is 0 Å². The van der Waals surface area contributed by atoms with Crippen LogP contribution < -0.4 is 15.5 Å². The SMILES string of the molecule is C=CCNC(=O)CC(=O)N/N=C/c1ccc(OCC)cc1. The molecule has 2 amide bonds. The first kappa shape index (κ1) is 16.4. The van der Waals surface area contributed by atoms with Gasteiger partial charge in [-0.3, -0.25) is 9.59 Å². The van der Waals surface area contributed by atoms with Gasteiger partial charge >= 0.3 is 0 Å². The van der Waals surface area contributed by atoms with Crippen molar-refractivity contribution in [2.75, 3.05) is 13.2 Å². The van der Waals surface area contributed by atoms with E-state index < -0.39 is 5.91 Å². The van der Waals surface area contributed by atoms with Crippen molar-refractivity contribution in [2.24, 2.45) is 5.10 Å². The number of hydrogen-bond acceptors (Lipinski definition) is 4. The molecule has 0 atom stereocenters. The van der Waals surface area contributed by atoms with Crippen LogP contribution in [0.4, 0.5) is 0 Å². The molecule has 1 rings (SSSR count). The Balaban J connectivity index is 2.37. The van der Waals surface area contributed by atoms with Gasteiger partial charge < -0.3 is 10.1 Å². The van der Waals surface area contributed by atoms with Crippen LogP contribution in [0, 0.1) is 0 Å². The number of amides is 2. The minimum absolute atomic E-state index is 0.269. The van der Waals surface area contributed by atoms with Crippen LogP contribution in [-0.4, -0.2) is 31.2 Å². The number of rotatable bonds is 8. The third-order valence-corrected chi connectivity index (χ3v) is 2.36. The molecule has 0 saturated carbocycles. The highest BCUT2D eigenvalue weighted by Gasteiger charge is 2.06. The lowest BCUT2D eigenvalue weighted by Gasteiger charge is -2.02. The molecule has 0 spiro atoms. The summed E-state index contributed by atoms with van der Waals surface area (Å²) < 4.78 is 5.31. The molecule has 0 aliphatic rings. The van der Waals surface area contributed by atoms with Crippen molar-refractivity contribution in [3.05, 3.63) is 42.5 Å². The molecule has 112 valence electrons. The highest BCUT2D eigenvalue weighted by Crippen LogP contribution is 2.10. The number of nitrogens with one attached hydrogen (secondary N) is 2. The molecule has 6 nitrogen and oxygen atoms in total. The van der Waals surface area contributed by atoms with Crippen molar-refractivity contribution in [3.8, 4) is 5.75 Å². The van der Waals surface area contributed by atoms with Crippen molar-refractivity contribution < 1.29 is 14.3 Å². The van der Waals surface area contributed by atoms with Gasteiger partial charge in [0.1, 0.15) is 12.2 Å². The molecule has 0 heterocycles. The van der Waals surface area contributed by atoms with E-state index in [-0.39, 0.29) is 12.3 Å². The van der Waals surface area contributed by atoms with Gasteiger partial charge in [-0.05, 0) is 36.8 Å². The minimum atomic E-state index is -0.473. The Morgan fingerprint density at radius 1 is 1.29 bits per heavy atom. The van der Waals surface area contributed by atoms with Crippen LogP contribution in [0.25, 0.3) is 0 Å². The molecule has 1 aromatic carbocycles. The van der Waals surface area contributed by atoms with E-state index in [9.17, 15) is 9.59 Å². The Hall–Kier alpha value is -2.63. The smallest absolute Gasteiger partial charge is 0.249 e. The summed E-state index contributed by atoms with van der Waals surface area (Å²) in [6.07, 6.45) is 2.77. The van der Waals surface area contributed by atoms with E-state index in [1.807, 2.05) is 31.2 Å². The summed E-state index contributed by atoms with van der Waals surface area (Å²) in [5.41, 5.74) is 3.11. The molecule has 0 unspecified atom stereocenters. The summed E-state index contributed by atoms with van der Waals surface area (Å²) in [7, 11) is 0. The van der Waals surface area contributed by atoms with Gasteiger partial charge in [0.2, 0.25) is 11.8 Å². The molecule has 1 aromatic rings. The van der Waals surface area contributed by atoms with Gasteiger partial charge in [-0.1, -0.05) is 6.08 Å². The maximum Gasteiger partial charge on any atom is 0.249 e. The predicted molar refractivity (Wildman–Crippen MR) is 81.2 cm³/mol. The van der Waals surface area contributed by atoms with E-state index in [1.54, 1.807) is 6.08 Å². The number of carbonyl (C=O) groups excluding carboxylic acids is 2. The predicted octanol–water partition coefficient (Wildman–Crippen LogP) is 1.23. The zero-order valence-electron chi connectivity index (χ0n) is 12.0. The molecule has 2 N–H and O–H groups in total. The third kappa shape index (κ3) is 6.91. The van der Waals surface area contributed by atoms with Crippen LogP contribution in [-0.2, 0) is 9.59 Å². The maximum atomic E-state index is 11.4. The lowest BCUT2D eigenvalue weighted by atomic mass is 10.2. The lowest BCUT2D eigenvalue weighted by molar-refractivity contribution is -0.129. The number of hydrazone groups is 1. The summed E-state index contributed by atoms with van der Waals surface area (Å²) in [5, 5.41) is 6.29. The zero-order valence-corrected chi connectivity index (χ0v) is 12.0. The van der Waals surface area contributed by atoms with E-state index in [0.717, 1.165) is 11.3 Å². The Kier molecular flexibility index (Phi) is 7.28. The van der Waals surface area contributed by atoms with Gasteiger partial charge in [0, 0.05) is 6.54 Å². The highest BCUT2D eigenvalue weighted by atomic mass is 16.5. The van der Waals surface area contributed by atoms with E-state index in [0.29, 0.717) is 13.2 Å². The van der Waals surface area contributed by atoms with Crippen molar-refractivity contribution in [1.82, 2.24) is 10.7 Å². The van der Waals surface area contributed by atoms with Crippen molar-refractivity contribution in [1.29, 1.82) is 0 Å². The second-order valence-electron chi connectivity index (χ2n) is 4.06. The molecular formula is C15H19N3O3. The van der Waals surface area contributed by atoms with Crippen molar-refractivity contribution in [2.45, 2.75) is 13.3 Å². The molecule has 0 aromatic heterocycles. The summed E-state index contributed by atoms with van der Waals surface area (Å²) in [5.74, 6) is -0.0695. The molecular weight excluding hydrogens is 270 g/mol. The molecule has 0 radical (unpaired) electrons. The molecule has 0 bridgehead atoms. The van der Waals surface area contributed by atoms with Crippen LogP contribution in [0.3, 0.4) is 0 Å². The quantitative estimate of drug-likeness (QED) is 0.327. The fourth-order valence-electron chi connectivity index (χ4n) is 1.43. The van der Waals surface area contributed by atoms with Crippen LogP contribution in [0.5, 0.6) is 5.75 Å². The van der Waals surface area contributed by atoms with Crippen LogP contribution in [0.15, 0.2) is 42.0 Å². The number of nitrogens with zero attached hydrogens (tertiary/aromatic N) is 1. The standard InChI is InChI=1S/C15H19N3O3/c1-3-9-16-14(19)10-15(20)18-17-11-12-5-7-13(8-6-12)21-4-2/h3,5-8,11H,1,4,9-10H2,2H3,(H,16,19)(H,18,20)/b17-11+. The molecule has 0 saturated heterocycles. The first-order valence-corrected chi connectivity index (χ1v) is 6.58. The Bertz CT molecular complexity index is 509. The minimum Gasteiger partial charge on any atom is -0.494 e. The number of benzene rings is 1. The van der Waals surface area contributed by atoms with E-state index in [4.69, 9.17) is 4.74 Å². The van der Waals surface area contributed by atoms with Crippen LogP contribution in [0.1, 0.15) is 18.9 Å². The Labute approximate surface area is 123 Å². The summed E-state index contributed by atoms with van der Waals surface area (Å²) in [6.45, 7) is 6.32. The highest BCUT2D eigenvalue weighted by molar-refractivity contribution is 5.97. The van der Waals surface area contributed by atoms with Crippen molar-refractivity contribution >= 4 is 18.0 Å². The number of carbonyl (C=O) groups is 2. The van der Waals surface area contributed by atoms with Gasteiger partial charge in [-0.2, -0.15) is 5.10 Å². The number of ether oxygens (including phenoxy) is 1. The molecule has 6 heteroatoms. The fourth-order valence-corrected chi connectivity index (χ4v) is 1.43. The van der Waals surface area contributed by atoms with E-state index >= 15 is 0 Å². The normalized spacial score (nSPS) is 10.1. The maximum absolute atomic E-state index is 11.4. The second kappa shape index (κ2) is 9.30. The van der Waals surface area contributed by atoms with Gasteiger partial charge in [-0.15, -0.1) is 6.58 Å².